The molecule has 0 heterocycles. The Morgan fingerprint density at radius 2 is 1.13 bits per heavy atom. The molecule has 0 unspecified atom stereocenters. The molecular weight excluding hydrogens is 476 g/mol. The predicted octanol–water partition coefficient (Wildman–Crippen LogP) is 9.02. The Kier molecular flexibility index (Phi) is 13.8. The van der Waals surface area contributed by atoms with Gasteiger partial charge >= 0.3 is 0 Å². The van der Waals surface area contributed by atoms with Crippen molar-refractivity contribution in [3.05, 3.63) is 95.6 Å². The van der Waals surface area contributed by atoms with E-state index in [1.807, 2.05) is 18.2 Å². The molecule has 0 radical (unpaired) electrons. The molecule has 3 heteroatoms. The fourth-order valence-corrected chi connectivity index (χ4v) is 5.07. The first-order chi connectivity index (χ1) is 19.1. The lowest BCUT2D eigenvalue weighted by molar-refractivity contribution is 0.0734. The van der Waals surface area contributed by atoms with Crippen LogP contribution in [0.2, 0.25) is 0 Å². The molecule has 0 N–H and O–H groups in total. The lowest BCUT2D eigenvalue weighted by Crippen LogP contribution is -2.34. The van der Waals surface area contributed by atoms with Gasteiger partial charge in [0.25, 0.3) is 5.91 Å². The number of unbranched alkanes of at least 4 members (excludes halogenated alkanes) is 4. The number of nitrogens with zero attached hydrogens (tertiary/aromatic N) is 2. The Balaban J connectivity index is 1.70. The lowest BCUT2D eigenvalue weighted by Gasteiger charge is -2.26. The molecular formula is C36H50N2O. The molecule has 0 fully saturated rings. The smallest absolute Gasteiger partial charge is 0.254 e. The minimum Gasteiger partial charge on any atom is -0.334 e. The molecule has 0 aliphatic heterocycles. The summed E-state index contributed by atoms with van der Waals surface area (Å²) in [4.78, 5) is 18.4. The fraction of sp³-hybridized carbons (Fsp3) is 0.472. The number of benzene rings is 3. The Hall–Kier alpha value is -2.91. The van der Waals surface area contributed by atoms with Crippen molar-refractivity contribution in [2.45, 2.75) is 85.1 Å². The number of hydrogen-bond donors (Lipinski definition) is 0. The maximum atomic E-state index is 13.7. The summed E-state index contributed by atoms with van der Waals surface area (Å²) in [6.45, 7) is 11.5. The third kappa shape index (κ3) is 10.6. The molecule has 0 aliphatic carbocycles. The predicted molar refractivity (Wildman–Crippen MR) is 167 cm³/mol. The highest BCUT2D eigenvalue weighted by molar-refractivity contribution is 5.94. The van der Waals surface area contributed by atoms with Crippen LogP contribution in [-0.2, 0) is 13.0 Å². The molecule has 0 saturated carbocycles. The van der Waals surface area contributed by atoms with E-state index in [1.165, 1.54) is 67.2 Å². The van der Waals surface area contributed by atoms with E-state index in [4.69, 9.17) is 0 Å². The van der Waals surface area contributed by atoms with E-state index in [1.54, 1.807) is 0 Å². The molecule has 3 nitrogen and oxygen atoms in total. The molecule has 0 atom stereocenters. The van der Waals surface area contributed by atoms with E-state index in [9.17, 15) is 4.79 Å². The molecule has 0 spiro atoms. The molecule has 1 amide bonds. The van der Waals surface area contributed by atoms with Crippen LogP contribution in [0, 0.1) is 0 Å². The number of carbonyl (C=O) groups is 1. The van der Waals surface area contributed by atoms with Crippen LogP contribution in [0.4, 0.5) is 0 Å². The monoisotopic (exact) mass is 526 g/mol. The number of rotatable bonds is 18. The van der Waals surface area contributed by atoms with E-state index in [0.29, 0.717) is 6.54 Å². The maximum Gasteiger partial charge on any atom is 0.254 e. The molecule has 39 heavy (non-hydrogen) atoms. The van der Waals surface area contributed by atoms with Crippen molar-refractivity contribution < 1.29 is 4.79 Å². The van der Waals surface area contributed by atoms with Gasteiger partial charge in [-0.2, -0.15) is 0 Å². The van der Waals surface area contributed by atoms with E-state index in [-0.39, 0.29) is 5.91 Å². The Morgan fingerprint density at radius 1 is 0.564 bits per heavy atom. The number of carbonyl (C=O) groups excluding carboxylic acids is 1. The molecule has 210 valence electrons. The van der Waals surface area contributed by atoms with Gasteiger partial charge in [0.15, 0.2) is 0 Å². The number of hydrogen-bond acceptors (Lipinski definition) is 2. The van der Waals surface area contributed by atoms with Gasteiger partial charge in [-0.05, 0) is 86.1 Å². The summed E-state index contributed by atoms with van der Waals surface area (Å²) >= 11 is 0. The molecule has 0 saturated heterocycles. The van der Waals surface area contributed by atoms with Crippen LogP contribution in [-0.4, -0.2) is 41.9 Å². The highest BCUT2D eigenvalue weighted by atomic mass is 16.2. The first-order valence-corrected chi connectivity index (χ1v) is 15.4. The summed E-state index contributed by atoms with van der Waals surface area (Å²) in [5.74, 6) is 0.135. The Morgan fingerprint density at radius 3 is 1.74 bits per heavy atom. The van der Waals surface area contributed by atoms with Gasteiger partial charge in [0.2, 0.25) is 0 Å². The van der Waals surface area contributed by atoms with Crippen molar-refractivity contribution in [3.63, 3.8) is 0 Å². The zero-order chi connectivity index (χ0) is 27.7. The first-order valence-electron chi connectivity index (χ1n) is 15.4. The van der Waals surface area contributed by atoms with E-state index >= 15 is 0 Å². The molecule has 0 aliphatic rings. The van der Waals surface area contributed by atoms with Gasteiger partial charge in [0.1, 0.15) is 0 Å². The number of amides is 1. The van der Waals surface area contributed by atoms with Gasteiger partial charge in [-0.15, -0.1) is 0 Å². The summed E-state index contributed by atoms with van der Waals surface area (Å²) in [6, 6.07) is 27.5. The summed E-state index contributed by atoms with van der Waals surface area (Å²) in [6.07, 6.45) is 10.7. The van der Waals surface area contributed by atoms with Crippen molar-refractivity contribution in [2.24, 2.45) is 0 Å². The minimum absolute atomic E-state index is 0.135. The summed E-state index contributed by atoms with van der Waals surface area (Å²) in [7, 11) is 0. The van der Waals surface area contributed by atoms with Crippen LogP contribution in [0.25, 0.3) is 11.1 Å². The second-order valence-corrected chi connectivity index (χ2v) is 10.8. The van der Waals surface area contributed by atoms with Gasteiger partial charge in [0, 0.05) is 18.7 Å². The van der Waals surface area contributed by atoms with Crippen molar-refractivity contribution in [1.29, 1.82) is 0 Å². The van der Waals surface area contributed by atoms with E-state index < -0.39 is 0 Å². The van der Waals surface area contributed by atoms with Crippen LogP contribution >= 0.6 is 0 Å². The van der Waals surface area contributed by atoms with E-state index in [2.05, 4.69) is 91.2 Å². The average Bonchev–Trinajstić information content (AvgIpc) is 2.98. The summed E-state index contributed by atoms with van der Waals surface area (Å²) < 4.78 is 0. The summed E-state index contributed by atoms with van der Waals surface area (Å²) in [5.41, 5.74) is 5.72. The molecule has 3 aromatic rings. The highest BCUT2D eigenvalue weighted by Gasteiger charge is 2.17. The molecule has 3 aromatic carbocycles. The lowest BCUT2D eigenvalue weighted by atomic mass is 10.0. The largest absolute Gasteiger partial charge is 0.334 e. The van der Waals surface area contributed by atoms with Crippen molar-refractivity contribution in [1.82, 2.24) is 9.80 Å². The average molecular weight is 527 g/mol. The van der Waals surface area contributed by atoms with Gasteiger partial charge in [-0.3, -0.25) is 4.79 Å². The normalized spacial score (nSPS) is 11.2. The van der Waals surface area contributed by atoms with Gasteiger partial charge < -0.3 is 9.80 Å². The third-order valence-corrected chi connectivity index (χ3v) is 7.55. The number of aryl methyl sites for hydroxylation is 1. The third-order valence-electron chi connectivity index (χ3n) is 7.55. The minimum atomic E-state index is 0.135. The quantitative estimate of drug-likeness (QED) is 0.154. The zero-order valence-corrected chi connectivity index (χ0v) is 24.7. The highest BCUT2D eigenvalue weighted by Crippen LogP contribution is 2.21. The molecule has 3 rings (SSSR count). The summed E-state index contributed by atoms with van der Waals surface area (Å²) in [5, 5.41) is 0. The Labute approximate surface area is 238 Å². The van der Waals surface area contributed by atoms with E-state index in [0.717, 1.165) is 44.6 Å². The molecule has 0 aromatic heterocycles. The second kappa shape index (κ2) is 17.6. The standard InChI is InChI=1S/C36H50N2O/c1-4-7-11-15-31-18-24-35(25-19-31)36(39)38(29-14-28-37(26-8-5-2)27-9-6-3)30-32-20-22-34(23-21-32)33-16-12-10-13-17-33/h10,12-13,16-25H,4-9,11,14-15,26-30H2,1-3H3. The van der Waals surface area contributed by atoms with Crippen molar-refractivity contribution in [3.8, 4) is 11.1 Å². The topological polar surface area (TPSA) is 23.6 Å². The first kappa shape index (κ1) is 30.6. The van der Waals surface area contributed by atoms with Gasteiger partial charge in [0.05, 0.1) is 0 Å². The van der Waals surface area contributed by atoms with Crippen LogP contribution < -0.4 is 0 Å². The van der Waals surface area contributed by atoms with Crippen LogP contribution in [0.3, 0.4) is 0 Å². The van der Waals surface area contributed by atoms with Crippen LogP contribution in [0.1, 0.15) is 93.6 Å². The molecule has 0 bridgehead atoms. The Bertz CT molecular complexity index is 1050. The zero-order valence-electron chi connectivity index (χ0n) is 24.7. The van der Waals surface area contributed by atoms with Crippen molar-refractivity contribution in [2.75, 3.05) is 26.2 Å². The SMILES string of the molecule is CCCCCc1ccc(C(=O)N(CCCN(CCCC)CCCC)Cc2ccc(-c3ccccc3)cc2)cc1. The van der Waals surface area contributed by atoms with Crippen molar-refractivity contribution >= 4 is 5.91 Å². The van der Waals surface area contributed by atoms with Crippen LogP contribution in [0.15, 0.2) is 78.9 Å². The fourth-order valence-electron chi connectivity index (χ4n) is 5.07. The second-order valence-electron chi connectivity index (χ2n) is 10.8. The maximum absolute atomic E-state index is 13.7. The van der Waals surface area contributed by atoms with Crippen LogP contribution in [0.5, 0.6) is 0 Å². The van der Waals surface area contributed by atoms with Gasteiger partial charge in [-0.25, -0.2) is 0 Å². The van der Waals surface area contributed by atoms with Gasteiger partial charge in [-0.1, -0.05) is 113 Å².